The zero-order valence-electron chi connectivity index (χ0n) is 13.4. The normalized spacial score (nSPS) is 15.5. The van der Waals surface area contributed by atoms with Gasteiger partial charge in [0.25, 0.3) is 5.88 Å². The van der Waals surface area contributed by atoms with Crippen molar-refractivity contribution in [1.29, 1.82) is 0 Å². The maximum absolute atomic E-state index is 12.3. The average molecular weight is 349 g/mol. The molecule has 3 rings (SSSR count). The minimum atomic E-state index is -0.0289. The first-order valence-electron chi connectivity index (χ1n) is 7.88. The van der Waals surface area contributed by atoms with Crippen molar-refractivity contribution in [1.82, 2.24) is 15.0 Å². The summed E-state index contributed by atoms with van der Waals surface area (Å²) in [5.41, 5.74) is 0. The molecule has 1 fully saturated rings. The maximum Gasteiger partial charge on any atom is 0.254 e. The molecule has 0 atom stereocenters. The summed E-state index contributed by atoms with van der Waals surface area (Å²) < 4.78 is 10.0. The Labute approximate surface area is 143 Å². The van der Waals surface area contributed by atoms with Crippen LogP contribution in [0, 0.1) is 5.92 Å². The molecule has 0 spiro atoms. The highest BCUT2D eigenvalue weighted by Gasteiger charge is 2.28. The van der Waals surface area contributed by atoms with Gasteiger partial charge in [-0.1, -0.05) is 0 Å². The van der Waals surface area contributed by atoms with E-state index < -0.39 is 0 Å². The van der Waals surface area contributed by atoms with Crippen molar-refractivity contribution in [2.45, 2.75) is 25.7 Å². The average Bonchev–Trinajstić information content (AvgIpc) is 3.30. The highest BCUT2D eigenvalue weighted by Crippen LogP contribution is 2.23. The second-order valence-electron chi connectivity index (χ2n) is 5.69. The Hall–Kier alpha value is -2.22. The number of nitrogens with zero attached hydrogens (tertiary/aromatic N) is 3. The smallest absolute Gasteiger partial charge is 0.254 e. The molecule has 1 aliphatic heterocycles. The number of aryl methyl sites for hydroxylation is 1. The molecule has 0 aromatic carbocycles. The van der Waals surface area contributed by atoms with Crippen LogP contribution in [0.5, 0.6) is 5.88 Å². The summed E-state index contributed by atoms with van der Waals surface area (Å²) in [4.78, 5) is 30.5. The van der Waals surface area contributed by atoms with Crippen LogP contribution in [0.25, 0.3) is 0 Å². The highest BCUT2D eigenvalue weighted by atomic mass is 32.1. The lowest BCUT2D eigenvalue weighted by Gasteiger charge is -2.31. The molecule has 24 heavy (non-hydrogen) atoms. The Morgan fingerprint density at radius 2 is 2.21 bits per heavy atom. The maximum atomic E-state index is 12.3. The van der Waals surface area contributed by atoms with Crippen LogP contribution in [0.15, 0.2) is 22.2 Å². The van der Waals surface area contributed by atoms with E-state index in [0.717, 1.165) is 0 Å². The summed E-state index contributed by atoms with van der Waals surface area (Å²) >= 11 is 1.37. The first kappa shape index (κ1) is 16.6. The third-order valence-corrected chi connectivity index (χ3v) is 4.98. The molecule has 7 nitrogen and oxygen atoms in total. The standard InChI is InChI=1S/C16H19N3O4S/c1-22-13-10-12(23-18-13)2-3-14(20)19-7-4-11(5-8-19)15(21)16-17-6-9-24-16/h6,9-11H,2-5,7-8H2,1H3. The first-order chi connectivity index (χ1) is 11.7. The van der Waals surface area contributed by atoms with Crippen LogP contribution in [0.3, 0.4) is 0 Å². The van der Waals surface area contributed by atoms with E-state index in [-0.39, 0.29) is 17.6 Å². The fourth-order valence-electron chi connectivity index (χ4n) is 2.81. The summed E-state index contributed by atoms with van der Waals surface area (Å²) in [6.07, 6.45) is 3.90. The number of amides is 1. The molecule has 0 radical (unpaired) electrons. The van der Waals surface area contributed by atoms with Crippen molar-refractivity contribution in [3.63, 3.8) is 0 Å². The van der Waals surface area contributed by atoms with Crippen molar-refractivity contribution < 1.29 is 18.8 Å². The fraction of sp³-hybridized carbons (Fsp3) is 0.500. The number of methoxy groups -OCH3 is 1. The van der Waals surface area contributed by atoms with Gasteiger partial charge in [-0.15, -0.1) is 11.3 Å². The lowest BCUT2D eigenvalue weighted by molar-refractivity contribution is -0.132. The third kappa shape index (κ3) is 3.81. The molecule has 8 heteroatoms. The number of ketones is 1. The number of thiazole rings is 1. The molecule has 3 heterocycles. The molecular formula is C16H19N3O4S. The van der Waals surface area contributed by atoms with Gasteiger partial charge in [0.15, 0.2) is 10.8 Å². The Kier molecular flexibility index (Phi) is 5.24. The van der Waals surface area contributed by atoms with Gasteiger partial charge < -0.3 is 14.2 Å². The van der Waals surface area contributed by atoms with E-state index in [4.69, 9.17) is 9.26 Å². The van der Waals surface area contributed by atoms with E-state index >= 15 is 0 Å². The van der Waals surface area contributed by atoms with Crippen molar-refractivity contribution >= 4 is 23.0 Å². The van der Waals surface area contributed by atoms with Crippen LogP contribution in [0.2, 0.25) is 0 Å². The molecule has 1 saturated heterocycles. The van der Waals surface area contributed by atoms with Crippen molar-refractivity contribution in [3.05, 3.63) is 28.4 Å². The predicted molar refractivity (Wildman–Crippen MR) is 87.1 cm³/mol. The number of hydrogen-bond donors (Lipinski definition) is 0. The Morgan fingerprint density at radius 1 is 1.42 bits per heavy atom. The molecule has 128 valence electrons. The Balaban J connectivity index is 1.45. The largest absolute Gasteiger partial charge is 0.479 e. The lowest BCUT2D eigenvalue weighted by Crippen LogP contribution is -2.40. The predicted octanol–water partition coefficient (Wildman–Crippen LogP) is 2.19. The van der Waals surface area contributed by atoms with Gasteiger partial charge in [0.1, 0.15) is 5.76 Å². The van der Waals surface area contributed by atoms with Gasteiger partial charge >= 0.3 is 0 Å². The summed E-state index contributed by atoms with van der Waals surface area (Å²) in [6.45, 7) is 1.22. The second kappa shape index (κ2) is 7.57. The molecule has 1 amide bonds. The summed E-state index contributed by atoms with van der Waals surface area (Å²) in [6, 6.07) is 1.69. The molecule has 2 aromatic heterocycles. The molecule has 1 aliphatic rings. The third-order valence-electron chi connectivity index (χ3n) is 4.19. The SMILES string of the molecule is COc1cc(CCC(=O)N2CCC(C(=O)c3nccs3)CC2)on1. The van der Waals surface area contributed by atoms with Crippen molar-refractivity contribution in [3.8, 4) is 5.88 Å². The number of carbonyl (C=O) groups excluding carboxylic acids is 2. The van der Waals surface area contributed by atoms with Crippen LogP contribution in [-0.2, 0) is 11.2 Å². The number of aromatic nitrogens is 2. The Bertz CT molecular complexity index is 690. The number of Topliss-reactive ketones (excluding diaryl/α,β-unsaturated/α-hetero) is 1. The zero-order valence-corrected chi connectivity index (χ0v) is 14.3. The zero-order chi connectivity index (χ0) is 16.9. The molecule has 0 saturated carbocycles. The number of likely N-dealkylation sites (tertiary alicyclic amines) is 1. The van der Waals surface area contributed by atoms with Crippen LogP contribution < -0.4 is 4.74 Å². The monoisotopic (exact) mass is 349 g/mol. The van der Waals surface area contributed by atoms with Crippen LogP contribution in [-0.4, -0.2) is 46.9 Å². The van der Waals surface area contributed by atoms with E-state index in [1.807, 2.05) is 10.3 Å². The van der Waals surface area contributed by atoms with Gasteiger partial charge in [0.05, 0.1) is 7.11 Å². The van der Waals surface area contributed by atoms with Gasteiger partial charge in [-0.25, -0.2) is 4.98 Å². The van der Waals surface area contributed by atoms with Gasteiger partial charge in [-0.05, 0) is 18.0 Å². The molecule has 0 N–H and O–H groups in total. The molecule has 0 unspecified atom stereocenters. The lowest BCUT2D eigenvalue weighted by atomic mass is 9.92. The molecular weight excluding hydrogens is 330 g/mol. The van der Waals surface area contributed by atoms with Gasteiger partial charge in [0.2, 0.25) is 5.91 Å². The molecule has 2 aromatic rings. The topological polar surface area (TPSA) is 85.5 Å². The summed E-state index contributed by atoms with van der Waals surface area (Å²) in [7, 11) is 1.52. The van der Waals surface area contributed by atoms with E-state index in [2.05, 4.69) is 10.1 Å². The molecule has 0 bridgehead atoms. The number of carbonyl (C=O) groups is 2. The fourth-order valence-corrected chi connectivity index (χ4v) is 3.46. The van der Waals surface area contributed by atoms with Gasteiger partial charge in [-0.3, -0.25) is 9.59 Å². The highest BCUT2D eigenvalue weighted by molar-refractivity contribution is 7.11. The van der Waals surface area contributed by atoms with Crippen molar-refractivity contribution in [2.24, 2.45) is 5.92 Å². The minimum absolute atomic E-state index is 0.0289. The molecule has 0 aliphatic carbocycles. The minimum Gasteiger partial charge on any atom is -0.479 e. The number of piperidine rings is 1. The summed E-state index contributed by atoms with van der Waals surface area (Å²) in [5.74, 6) is 1.20. The van der Waals surface area contributed by atoms with Crippen LogP contribution >= 0.6 is 11.3 Å². The first-order valence-corrected chi connectivity index (χ1v) is 8.76. The van der Waals surface area contributed by atoms with Crippen molar-refractivity contribution in [2.75, 3.05) is 20.2 Å². The van der Waals surface area contributed by atoms with E-state index in [1.54, 1.807) is 12.3 Å². The number of rotatable bonds is 6. The van der Waals surface area contributed by atoms with E-state index in [0.29, 0.717) is 55.4 Å². The summed E-state index contributed by atoms with van der Waals surface area (Å²) in [5, 5.41) is 6.09. The van der Waals surface area contributed by atoms with Gasteiger partial charge in [0, 0.05) is 49.5 Å². The quantitative estimate of drug-likeness (QED) is 0.743. The second-order valence-corrected chi connectivity index (χ2v) is 6.59. The number of ether oxygens (including phenoxy) is 1. The van der Waals surface area contributed by atoms with Gasteiger partial charge in [-0.2, -0.15) is 0 Å². The van der Waals surface area contributed by atoms with E-state index in [9.17, 15) is 9.59 Å². The van der Waals surface area contributed by atoms with E-state index in [1.165, 1.54) is 18.4 Å². The van der Waals surface area contributed by atoms with Crippen LogP contribution in [0.1, 0.15) is 34.8 Å². The number of hydrogen-bond acceptors (Lipinski definition) is 7. The van der Waals surface area contributed by atoms with Crippen LogP contribution in [0.4, 0.5) is 0 Å². The Morgan fingerprint density at radius 3 is 2.83 bits per heavy atom.